The number of rotatable bonds is 4. The molecule has 2 aromatic heterocycles. The molecule has 2 fully saturated rings. The van der Waals surface area contributed by atoms with Crippen LogP contribution in [0.2, 0.25) is 0 Å². The summed E-state index contributed by atoms with van der Waals surface area (Å²) >= 11 is 0. The summed E-state index contributed by atoms with van der Waals surface area (Å²) in [5.74, 6) is 1.09. The Morgan fingerprint density at radius 2 is 2.26 bits per heavy atom. The Balaban J connectivity index is 1.67. The van der Waals surface area contributed by atoms with Crippen LogP contribution in [0.4, 0.5) is 5.82 Å². The molecule has 100 valence electrons. The quantitative estimate of drug-likeness (QED) is 0.900. The van der Waals surface area contributed by atoms with Gasteiger partial charge in [-0.2, -0.15) is 5.10 Å². The first kappa shape index (κ1) is 11.2. The van der Waals surface area contributed by atoms with Gasteiger partial charge in [0, 0.05) is 31.0 Å². The first-order chi connectivity index (χ1) is 9.42. The smallest absolute Gasteiger partial charge is 0.154 e. The zero-order valence-electron chi connectivity index (χ0n) is 11.0. The molecule has 0 aromatic carbocycles. The van der Waals surface area contributed by atoms with Crippen LogP contribution in [0, 0.1) is 0 Å². The minimum absolute atomic E-state index is 0.616. The van der Waals surface area contributed by atoms with E-state index in [-0.39, 0.29) is 0 Å². The molecule has 0 spiro atoms. The highest BCUT2D eigenvalue weighted by Gasteiger charge is 2.33. The van der Waals surface area contributed by atoms with Gasteiger partial charge in [0.1, 0.15) is 5.52 Å². The van der Waals surface area contributed by atoms with Gasteiger partial charge in [0.25, 0.3) is 0 Å². The second-order valence-electron chi connectivity index (χ2n) is 5.59. The maximum atomic E-state index is 4.62. The minimum atomic E-state index is 0.616. The second-order valence-corrected chi connectivity index (χ2v) is 5.59. The number of nitrogens with zero attached hydrogens (tertiary/aromatic N) is 4. The molecule has 1 aliphatic carbocycles. The predicted molar refractivity (Wildman–Crippen MR) is 74.4 cm³/mol. The lowest BCUT2D eigenvalue weighted by Gasteiger charge is -2.27. The van der Waals surface area contributed by atoms with Crippen LogP contribution < -0.4 is 10.2 Å². The summed E-state index contributed by atoms with van der Waals surface area (Å²) < 4.78 is 1.92. The Labute approximate surface area is 112 Å². The van der Waals surface area contributed by atoms with Crippen LogP contribution in [0.15, 0.2) is 24.7 Å². The van der Waals surface area contributed by atoms with Crippen LogP contribution in [-0.4, -0.2) is 39.8 Å². The van der Waals surface area contributed by atoms with E-state index in [1.807, 2.05) is 23.1 Å². The molecular weight excluding hydrogens is 238 g/mol. The molecule has 1 N–H and O–H groups in total. The molecule has 3 heterocycles. The molecule has 0 bridgehead atoms. The van der Waals surface area contributed by atoms with Crippen LogP contribution >= 0.6 is 0 Å². The SMILES string of the molecule is c1cn2nccc2c(N(CC2CCCN2)C2CC2)n1. The van der Waals surface area contributed by atoms with Crippen molar-refractivity contribution in [1.29, 1.82) is 0 Å². The van der Waals surface area contributed by atoms with Crippen molar-refractivity contribution in [3.63, 3.8) is 0 Å². The molecule has 4 rings (SSSR count). The van der Waals surface area contributed by atoms with Crippen LogP contribution in [-0.2, 0) is 0 Å². The molecule has 0 radical (unpaired) electrons. The Bertz CT molecular complexity index is 568. The Kier molecular flexibility index (Phi) is 2.65. The van der Waals surface area contributed by atoms with Gasteiger partial charge in [0.05, 0.1) is 6.20 Å². The number of hydrogen-bond acceptors (Lipinski definition) is 4. The second kappa shape index (κ2) is 4.49. The normalized spacial score (nSPS) is 23.1. The van der Waals surface area contributed by atoms with Crippen LogP contribution in [0.5, 0.6) is 0 Å². The lowest BCUT2D eigenvalue weighted by Crippen LogP contribution is -2.39. The number of fused-ring (bicyclic) bond motifs is 1. The summed E-state index contributed by atoms with van der Waals surface area (Å²) in [6.07, 6.45) is 10.8. The van der Waals surface area contributed by atoms with Gasteiger partial charge in [-0.05, 0) is 38.3 Å². The lowest BCUT2D eigenvalue weighted by atomic mass is 10.2. The van der Waals surface area contributed by atoms with Gasteiger partial charge in [-0.25, -0.2) is 9.50 Å². The van der Waals surface area contributed by atoms with Crippen molar-refractivity contribution >= 4 is 11.3 Å². The van der Waals surface area contributed by atoms with Crippen molar-refractivity contribution in [3.8, 4) is 0 Å². The fourth-order valence-electron chi connectivity index (χ4n) is 3.01. The van der Waals surface area contributed by atoms with E-state index in [2.05, 4.69) is 26.4 Å². The lowest BCUT2D eigenvalue weighted by molar-refractivity contribution is 0.576. The molecule has 19 heavy (non-hydrogen) atoms. The number of hydrogen-bond donors (Lipinski definition) is 1. The highest BCUT2D eigenvalue weighted by atomic mass is 15.3. The Hall–Kier alpha value is -1.62. The minimum Gasteiger partial charge on any atom is -0.350 e. The highest BCUT2D eigenvalue weighted by Crippen LogP contribution is 2.33. The molecule has 1 aliphatic heterocycles. The third-order valence-electron chi connectivity index (χ3n) is 4.14. The van der Waals surface area contributed by atoms with E-state index in [1.165, 1.54) is 25.7 Å². The van der Waals surface area contributed by atoms with Crippen molar-refractivity contribution in [3.05, 3.63) is 24.7 Å². The Morgan fingerprint density at radius 3 is 3.05 bits per heavy atom. The molecule has 0 amide bonds. The molecule has 1 unspecified atom stereocenters. The van der Waals surface area contributed by atoms with E-state index in [0.717, 1.165) is 24.4 Å². The van der Waals surface area contributed by atoms with E-state index in [0.29, 0.717) is 12.1 Å². The molecule has 2 aliphatic rings. The summed E-state index contributed by atoms with van der Waals surface area (Å²) in [5, 5.41) is 7.90. The number of anilines is 1. The van der Waals surface area contributed by atoms with Crippen molar-refractivity contribution in [2.45, 2.75) is 37.8 Å². The average molecular weight is 257 g/mol. The topological polar surface area (TPSA) is 45.5 Å². The van der Waals surface area contributed by atoms with Gasteiger partial charge in [-0.1, -0.05) is 0 Å². The summed E-state index contributed by atoms with van der Waals surface area (Å²) in [7, 11) is 0. The molecular formula is C14H19N5. The van der Waals surface area contributed by atoms with Gasteiger partial charge in [0.2, 0.25) is 0 Å². The van der Waals surface area contributed by atoms with E-state index < -0.39 is 0 Å². The first-order valence-corrected chi connectivity index (χ1v) is 7.20. The molecule has 5 nitrogen and oxygen atoms in total. The first-order valence-electron chi connectivity index (χ1n) is 7.20. The van der Waals surface area contributed by atoms with E-state index in [9.17, 15) is 0 Å². The summed E-state index contributed by atoms with van der Waals surface area (Å²) in [4.78, 5) is 7.11. The summed E-state index contributed by atoms with van der Waals surface area (Å²) in [6, 6.07) is 3.35. The summed E-state index contributed by atoms with van der Waals surface area (Å²) in [6.45, 7) is 2.23. The fraction of sp³-hybridized carbons (Fsp3) is 0.571. The largest absolute Gasteiger partial charge is 0.350 e. The van der Waals surface area contributed by atoms with E-state index >= 15 is 0 Å². The molecule has 1 atom stereocenters. The monoisotopic (exact) mass is 257 g/mol. The predicted octanol–water partition coefficient (Wildman–Crippen LogP) is 1.45. The highest BCUT2D eigenvalue weighted by molar-refractivity contribution is 5.69. The molecule has 5 heteroatoms. The van der Waals surface area contributed by atoms with Crippen molar-refractivity contribution in [2.75, 3.05) is 18.0 Å². The zero-order valence-corrected chi connectivity index (χ0v) is 11.0. The molecule has 2 aromatic rings. The average Bonchev–Trinajstić information content (AvgIpc) is 2.95. The maximum absolute atomic E-state index is 4.62. The van der Waals surface area contributed by atoms with Crippen LogP contribution in [0.3, 0.4) is 0 Å². The third-order valence-corrected chi connectivity index (χ3v) is 4.14. The van der Waals surface area contributed by atoms with Crippen molar-refractivity contribution in [1.82, 2.24) is 19.9 Å². The summed E-state index contributed by atoms with van der Waals surface area (Å²) in [5.41, 5.74) is 1.12. The third kappa shape index (κ3) is 2.08. The van der Waals surface area contributed by atoms with Gasteiger partial charge in [-0.3, -0.25) is 0 Å². The Morgan fingerprint density at radius 1 is 1.32 bits per heavy atom. The van der Waals surface area contributed by atoms with Crippen molar-refractivity contribution < 1.29 is 0 Å². The number of nitrogens with one attached hydrogen (secondary N) is 1. The fourth-order valence-corrected chi connectivity index (χ4v) is 3.01. The standard InChI is InChI=1S/C14H19N5/c1-2-11(15-6-1)10-18(12-3-4-12)14-13-5-7-17-19(13)9-8-16-14/h5,7-9,11-12,15H,1-4,6,10H2. The zero-order chi connectivity index (χ0) is 12.7. The van der Waals surface area contributed by atoms with E-state index in [1.54, 1.807) is 0 Å². The van der Waals surface area contributed by atoms with Gasteiger partial charge in [0.15, 0.2) is 5.82 Å². The molecule has 1 saturated heterocycles. The maximum Gasteiger partial charge on any atom is 0.154 e. The van der Waals surface area contributed by atoms with Gasteiger partial charge >= 0.3 is 0 Å². The van der Waals surface area contributed by atoms with Crippen LogP contribution in [0.25, 0.3) is 5.52 Å². The van der Waals surface area contributed by atoms with Crippen molar-refractivity contribution in [2.24, 2.45) is 0 Å². The van der Waals surface area contributed by atoms with Gasteiger partial charge < -0.3 is 10.2 Å². The van der Waals surface area contributed by atoms with E-state index in [4.69, 9.17) is 0 Å². The van der Waals surface area contributed by atoms with Crippen LogP contribution in [0.1, 0.15) is 25.7 Å². The molecule has 1 saturated carbocycles. The van der Waals surface area contributed by atoms with Gasteiger partial charge in [-0.15, -0.1) is 0 Å². The number of aromatic nitrogens is 3.